The van der Waals surface area contributed by atoms with Crippen molar-refractivity contribution < 1.29 is 18.7 Å². The summed E-state index contributed by atoms with van der Waals surface area (Å²) in [5.41, 5.74) is 0.375. The van der Waals surface area contributed by atoms with E-state index < -0.39 is 11.8 Å². The number of hydrogen-bond donors (Lipinski definition) is 1. The Bertz CT molecular complexity index is 457. The Morgan fingerprint density at radius 3 is 2.63 bits per heavy atom. The monoisotopic (exact) mass is 269 g/mol. The summed E-state index contributed by atoms with van der Waals surface area (Å²) in [7, 11) is 0. The molecule has 0 saturated carbocycles. The van der Waals surface area contributed by atoms with E-state index in [0.717, 1.165) is 12.1 Å². The maximum atomic E-state index is 13.4. The maximum Gasteiger partial charge on any atom is 0.306 e. The van der Waals surface area contributed by atoms with E-state index in [2.05, 4.69) is 4.90 Å². The van der Waals surface area contributed by atoms with Crippen LogP contribution in [0.1, 0.15) is 18.4 Å². The number of carboxylic acids is 1. The predicted molar refractivity (Wildman–Crippen MR) is 66.9 cm³/mol. The first-order valence-corrected chi connectivity index (χ1v) is 6.45. The lowest BCUT2D eigenvalue weighted by Gasteiger charge is -2.29. The van der Waals surface area contributed by atoms with Crippen LogP contribution in [0.4, 0.5) is 8.78 Å². The second-order valence-corrected chi connectivity index (χ2v) is 4.94. The van der Waals surface area contributed by atoms with Crippen molar-refractivity contribution in [1.29, 1.82) is 0 Å². The van der Waals surface area contributed by atoms with Gasteiger partial charge in [-0.2, -0.15) is 0 Å². The number of nitrogens with zero attached hydrogens (tertiary/aromatic N) is 1. The van der Waals surface area contributed by atoms with Crippen LogP contribution in [0, 0.1) is 17.6 Å². The number of carboxylic acid groups (broad SMARTS) is 1. The molecule has 1 aliphatic rings. The van der Waals surface area contributed by atoms with Gasteiger partial charge in [0.2, 0.25) is 0 Å². The second kappa shape index (κ2) is 6.10. The number of rotatable bonds is 4. The zero-order chi connectivity index (χ0) is 13.8. The Morgan fingerprint density at radius 1 is 1.32 bits per heavy atom. The average molecular weight is 269 g/mol. The van der Waals surface area contributed by atoms with Crippen molar-refractivity contribution >= 4 is 5.97 Å². The third-order valence-corrected chi connectivity index (χ3v) is 3.64. The highest BCUT2D eigenvalue weighted by atomic mass is 19.1. The molecule has 1 aromatic rings. The molecule has 0 amide bonds. The molecule has 1 fully saturated rings. The van der Waals surface area contributed by atoms with Crippen molar-refractivity contribution in [3.63, 3.8) is 0 Å². The summed E-state index contributed by atoms with van der Waals surface area (Å²) in [4.78, 5) is 12.9. The van der Waals surface area contributed by atoms with E-state index in [9.17, 15) is 13.6 Å². The first kappa shape index (κ1) is 13.9. The van der Waals surface area contributed by atoms with Crippen LogP contribution >= 0.6 is 0 Å². The summed E-state index contributed by atoms with van der Waals surface area (Å²) in [5.74, 6) is -1.82. The third kappa shape index (κ3) is 3.73. The SMILES string of the molecule is O=C(O)C1CCN(CCc2cc(F)ccc2F)CC1. The van der Waals surface area contributed by atoms with E-state index in [-0.39, 0.29) is 11.7 Å². The van der Waals surface area contributed by atoms with Crippen LogP contribution in [-0.4, -0.2) is 35.6 Å². The van der Waals surface area contributed by atoms with Gasteiger partial charge in [0.15, 0.2) is 0 Å². The van der Waals surface area contributed by atoms with E-state index in [1.54, 1.807) is 0 Å². The van der Waals surface area contributed by atoms with Crippen LogP contribution in [0.2, 0.25) is 0 Å². The highest BCUT2D eigenvalue weighted by Crippen LogP contribution is 2.18. The Labute approximate surface area is 110 Å². The van der Waals surface area contributed by atoms with Crippen molar-refractivity contribution in [2.24, 2.45) is 5.92 Å². The minimum Gasteiger partial charge on any atom is -0.481 e. The molecule has 0 unspecified atom stereocenters. The predicted octanol–water partition coefficient (Wildman–Crippen LogP) is 2.30. The Hall–Kier alpha value is -1.49. The van der Waals surface area contributed by atoms with Gasteiger partial charge in [0.05, 0.1) is 5.92 Å². The van der Waals surface area contributed by atoms with Crippen molar-refractivity contribution in [3.8, 4) is 0 Å². The van der Waals surface area contributed by atoms with Gasteiger partial charge >= 0.3 is 5.97 Å². The van der Waals surface area contributed by atoms with Crippen molar-refractivity contribution in [3.05, 3.63) is 35.4 Å². The molecule has 0 aliphatic carbocycles. The Balaban J connectivity index is 1.83. The molecule has 1 N–H and O–H groups in total. The molecule has 1 aromatic carbocycles. The maximum absolute atomic E-state index is 13.4. The zero-order valence-corrected chi connectivity index (χ0v) is 10.6. The molecule has 1 saturated heterocycles. The smallest absolute Gasteiger partial charge is 0.306 e. The van der Waals surface area contributed by atoms with Gasteiger partial charge in [0, 0.05) is 6.54 Å². The minimum atomic E-state index is -0.740. The lowest BCUT2D eigenvalue weighted by atomic mass is 9.97. The summed E-state index contributed by atoms with van der Waals surface area (Å²) in [6.07, 6.45) is 1.70. The van der Waals surface area contributed by atoms with Crippen molar-refractivity contribution in [2.75, 3.05) is 19.6 Å². The lowest BCUT2D eigenvalue weighted by molar-refractivity contribution is -0.143. The lowest BCUT2D eigenvalue weighted by Crippen LogP contribution is -2.37. The fourth-order valence-electron chi connectivity index (χ4n) is 2.42. The molecule has 3 nitrogen and oxygen atoms in total. The minimum absolute atomic E-state index is 0.262. The average Bonchev–Trinajstić information content (AvgIpc) is 2.40. The highest BCUT2D eigenvalue weighted by molar-refractivity contribution is 5.70. The molecule has 19 heavy (non-hydrogen) atoms. The van der Waals surface area contributed by atoms with E-state index in [0.29, 0.717) is 44.5 Å². The zero-order valence-electron chi connectivity index (χ0n) is 10.6. The van der Waals surface area contributed by atoms with Crippen molar-refractivity contribution in [2.45, 2.75) is 19.3 Å². The summed E-state index contributed by atoms with van der Waals surface area (Å²) >= 11 is 0. The van der Waals surface area contributed by atoms with Crippen LogP contribution < -0.4 is 0 Å². The fourth-order valence-corrected chi connectivity index (χ4v) is 2.42. The molecule has 5 heteroatoms. The molecule has 0 atom stereocenters. The third-order valence-electron chi connectivity index (χ3n) is 3.64. The topological polar surface area (TPSA) is 40.5 Å². The standard InChI is InChI=1S/C14H17F2NO2/c15-12-1-2-13(16)11(9-12)5-8-17-6-3-10(4-7-17)14(18)19/h1-2,9-10H,3-8H2,(H,18,19). The molecular weight excluding hydrogens is 252 g/mol. The Kier molecular flexibility index (Phi) is 4.47. The van der Waals surface area contributed by atoms with Gasteiger partial charge in [-0.05, 0) is 56.1 Å². The first-order valence-electron chi connectivity index (χ1n) is 6.45. The number of benzene rings is 1. The van der Waals surface area contributed by atoms with E-state index in [4.69, 9.17) is 5.11 Å². The van der Waals surface area contributed by atoms with E-state index >= 15 is 0 Å². The van der Waals surface area contributed by atoms with Gasteiger partial charge in [-0.3, -0.25) is 4.79 Å². The molecule has 104 valence electrons. The fraction of sp³-hybridized carbons (Fsp3) is 0.500. The molecule has 1 heterocycles. The molecule has 2 rings (SSSR count). The quantitative estimate of drug-likeness (QED) is 0.911. The van der Waals surface area contributed by atoms with Gasteiger partial charge in [-0.25, -0.2) is 8.78 Å². The molecular formula is C14H17F2NO2. The summed E-state index contributed by atoms with van der Waals surface area (Å²) in [5, 5.41) is 8.89. The number of aliphatic carboxylic acids is 1. The largest absolute Gasteiger partial charge is 0.481 e. The number of hydrogen-bond acceptors (Lipinski definition) is 2. The number of piperidine rings is 1. The summed E-state index contributed by atoms with van der Waals surface area (Å²) in [6.45, 7) is 2.04. The van der Waals surface area contributed by atoms with Crippen LogP contribution in [0.3, 0.4) is 0 Å². The van der Waals surface area contributed by atoms with Gasteiger partial charge in [-0.15, -0.1) is 0 Å². The normalized spacial score (nSPS) is 17.6. The van der Waals surface area contributed by atoms with Crippen LogP contribution in [0.5, 0.6) is 0 Å². The van der Waals surface area contributed by atoms with E-state index in [1.165, 1.54) is 6.07 Å². The highest BCUT2D eigenvalue weighted by Gasteiger charge is 2.24. The van der Waals surface area contributed by atoms with E-state index in [1.807, 2.05) is 0 Å². The van der Waals surface area contributed by atoms with Gasteiger partial charge in [0.1, 0.15) is 11.6 Å². The van der Waals surface area contributed by atoms with Crippen LogP contribution in [0.25, 0.3) is 0 Å². The first-order chi connectivity index (χ1) is 9.06. The molecule has 0 bridgehead atoms. The molecule has 0 aromatic heterocycles. The number of likely N-dealkylation sites (tertiary alicyclic amines) is 1. The number of halogens is 2. The Morgan fingerprint density at radius 2 is 2.00 bits per heavy atom. The summed E-state index contributed by atoms with van der Waals surface area (Å²) in [6, 6.07) is 3.47. The van der Waals surface area contributed by atoms with Gasteiger partial charge in [0.25, 0.3) is 0 Å². The van der Waals surface area contributed by atoms with Crippen LogP contribution in [-0.2, 0) is 11.2 Å². The molecule has 0 radical (unpaired) electrons. The van der Waals surface area contributed by atoms with Crippen molar-refractivity contribution in [1.82, 2.24) is 4.90 Å². The van der Waals surface area contributed by atoms with Crippen LogP contribution in [0.15, 0.2) is 18.2 Å². The molecule has 1 aliphatic heterocycles. The summed E-state index contributed by atoms with van der Waals surface area (Å²) < 4.78 is 26.4. The van der Waals surface area contributed by atoms with Gasteiger partial charge in [-0.1, -0.05) is 0 Å². The molecule has 0 spiro atoms. The van der Waals surface area contributed by atoms with Gasteiger partial charge < -0.3 is 10.0 Å². The second-order valence-electron chi connectivity index (χ2n) is 4.94. The number of carbonyl (C=O) groups is 1.